The molecule has 0 bridgehead atoms. The fourth-order valence-corrected chi connectivity index (χ4v) is 0.609. The van der Waals surface area contributed by atoms with Gasteiger partial charge in [-0.25, -0.2) is 4.79 Å². The van der Waals surface area contributed by atoms with Gasteiger partial charge in [0, 0.05) is 0 Å². The van der Waals surface area contributed by atoms with Crippen molar-refractivity contribution in [3.63, 3.8) is 0 Å². The van der Waals surface area contributed by atoms with E-state index in [1.807, 2.05) is 0 Å². The van der Waals surface area contributed by atoms with E-state index in [9.17, 15) is 4.79 Å². The van der Waals surface area contributed by atoms with Crippen LogP contribution in [-0.4, -0.2) is 32.1 Å². The van der Waals surface area contributed by atoms with Crippen molar-refractivity contribution in [1.82, 2.24) is 0 Å². The van der Waals surface area contributed by atoms with Crippen LogP contribution in [0.25, 0.3) is 0 Å². The Kier molecular flexibility index (Phi) is 7.24. The molecular formula is C9H16O4. The summed E-state index contributed by atoms with van der Waals surface area (Å²) in [5.41, 5.74) is 0. The van der Waals surface area contributed by atoms with Crippen LogP contribution in [0.1, 0.15) is 13.8 Å². The summed E-state index contributed by atoms with van der Waals surface area (Å²) < 4.78 is 14.7. The third kappa shape index (κ3) is 6.31. The van der Waals surface area contributed by atoms with Gasteiger partial charge < -0.3 is 14.2 Å². The van der Waals surface area contributed by atoms with Crippen LogP contribution in [0.2, 0.25) is 0 Å². The lowest BCUT2D eigenvalue weighted by atomic mass is 10.4. The molecule has 0 radical (unpaired) electrons. The molecule has 0 aromatic heterocycles. The summed E-state index contributed by atoms with van der Waals surface area (Å²) in [5, 5.41) is 0. The summed E-state index contributed by atoms with van der Waals surface area (Å²) in [6, 6.07) is 0. The number of carbonyl (C=O) groups excluding carboxylic acids is 1. The zero-order valence-electron chi connectivity index (χ0n) is 8.12. The van der Waals surface area contributed by atoms with Crippen molar-refractivity contribution in [3.8, 4) is 0 Å². The van der Waals surface area contributed by atoms with Gasteiger partial charge in [-0.1, -0.05) is 6.08 Å². The molecule has 0 aromatic carbocycles. The van der Waals surface area contributed by atoms with E-state index in [1.165, 1.54) is 0 Å². The van der Waals surface area contributed by atoms with Gasteiger partial charge in [-0.2, -0.15) is 0 Å². The first-order chi connectivity index (χ1) is 6.22. The van der Waals surface area contributed by atoms with Gasteiger partial charge in [0.1, 0.15) is 6.79 Å². The highest BCUT2D eigenvalue weighted by atomic mass is 16.7. The van der Waals surface area contributed by atoms with Crippen molar-refractivity contribution in [2.45, 2.75) is 20.0 Å². The number of ether oxygens (including phenoxy) is 3. The first-order valence-electron chi connectivity index (χ1n) is 4.19. The quantitative estimate of drug-likeness (QED) is 0.260. The van der Waals surface area contributed by atoms with Crippen molar-refractivity contribution in [2.24, 2.45) is 0 Å². The second kappa shape index (κ2) is 7.76. The molecule has 0 spiro atoms. The van der Waals surface area contributed by atoms with Gasteiger partial charge in [0.25, 0.3) is 0 Å². The number of hydrogen-bond donors (Lipinski definition) is 0. The maximum Gasteiger partial charge on any atom is 0.335 e. The molecule has 0 saturated carbocycles. The number of hydrogen-bond acceptors (Lipinski definition) is 4. The van der Waals surface area contributed by atoms with Crippen molar-refractivity contribution in [1.29, 1.82) is 0 Å². The van der Waals surface area contributed by atoms with E-state index in [2.05, 4.69) is 6.58 Å². The molecule has 4 heteroatoms. The molecule has 0 heterocycles. The van der Waals surface area contributed by atoms with Gasteiger partial charge >= 0.3 is 5.97 Å². The average Bonchev–Trinajstić information content (AvgIpc) is 2.12. The Morgan fingerprint density at radius 1 is 1.62 bits per heavy atom. The highest BCUT2D eigenvalue weighted by Gasteiger charge is 2.13. The molecule has 0 rings (SSSR count). The molecular weight excluding hydrogens is 172 g/mol. The second-order valence-electron chi connectivity index (χ2n) is 2.34. The van der Waals surface area contributed by atoms with E-state index in [0.29, 0.717) is 13.2 Å². The smallest absolute Gasteiger partial charge is 0.335 e. The molecule has 0 aliphatic carbocycles. The second-order valence-corrected chi connectivity index (χ2v) is 2.34. The minimum Gasteiger partial charge on any atom is -0.464 e. The largest absolute Gasteiger partial charge is 0.464 e. The van der Waals surface area contributed by atoms with Crippen molar-refractivity contribution in [2.75, 3.05) is 20.0 Å². The predicted octanol–water partition coefficient (Wildman–Crippen LogP) is 1.11. The van der Waals surface area contributed by atoms with E-state index in [-0.39, 0.29) is 12.8 Å². The van der Waals surface area contributed by atoms with E-state index in [0.717, 1.165) is 0 Å². The molecule has 4 nitrogen and oxygen atoms in total. The average molecular weight is 188 g/mol. The number of carbonyl (C=O) groups is 1. The summed E-state index contributed by atoms with van der Waals surface area (Å²) in [5.74, 6) is -0.371. The van der Waals surface area contributed by atoms with E-state index in [4.69, 9.17) is 14.2 Å². The Balaban J connectivity index is 3.43. The van der Waals surface area contributed by atoms with Crippen LogP contribution in [0.5, 0.6) is 0 Å². The fourth-order valence-electron chi connectivity index (χ4n) is 0.609. The monoisotopic (exact) mass is 188 g/mol. The van der Waals surface area contributed by atoms with E-state index in [1.54, 1.807) is 19.9 Å². The molecule has 1 atom stereocenters. The van der Waals surface area contributed by atoms with Gasteiger partial charge in [0.2, 0.25) is 0 Å². The third-order valence-corrected chi connectivity index (χ3v) is 1.26. The van der Waals surface area contributed by atoms with E-state index < -0.39 is 6.10 Å². The Morgan fingerprint density at radius 3 is 2.85 bits per heavy atom. The summed E-state index contributed by atoms with van der Waals surface area (Å²) >= 11 is 0. The number of esters is 1. The zero-order chi connectivity index (χ0) is 10.1. The topological polar surface area (TPSA) is 44.8 Å². The Hall–Kier alpha value is -0.870. The third-order valence-electron chi connectivity index (χ3n) is 1.26. The minimum absolute atomic E-state index is 0.0754. The van der Waals surface area contributed by atoms with Crippen LogP contribution < -0.4 is 0 Å². The first-order valence-corrected chi connectivity index (χ1v) is 4.19. The molecule has 76 valence electrons. The molecule has 1 unspecified atom stereocenters. The van der Waals surface area contributed by atoms with Crippen molar-refractivity contribution in [3.05, 3.63) is 12.7 Å². The molecule has 0 saturated heterocycles. The fraction of sp³-hybridized carbons (Fsp3) is 0.667. The first kappa shape index (κ1) is 12.1. The van der Waals surface area contributed by atoms with Gasteiger partial charge in [0.05, 0.1) is 13.2 Å². The number of rotatable bonds is 7. The normalized spacial score (nSPS) is 12.2. The Bertz CT molecular complexity index is 156. The Labute approximate surface area is 78.5 Å². The van der Waals surface area contributed by atoms with Gasteiger partial charge in [-0.05, 0) is 13.8 Å². The summed E-state index contributed by atoms with van der Waals surface area (Å²) in [4.78, 5) is 11.0. The van der Waals surface area contributed by atoms with Gasteiger partial charge in [-0.15, -0.1) is 6.58 Å². The van der Waals surface area contributed by atoms with Crippen LogP contribution in [0, 0.1) is 0 Å². The lowest BCUT2D eigenvalue weighted by Crippen LogP contribution is -2.24. The summed E-state index contributed by atoms with van der Waals surface area (Å²) in [7, 11) is 0. The van der Waals surface area contributed by atoms with Crippen LogP contribution in [0.15, 0.2) is 12.7 Å². The maximum atomic E-state index is 11.0. The maximum absolute atomic E-state index is 11.0. The summed E-state index contributed by atoms with van der Waals surface area (Å²) in [6.45, 7) is 7.69. The minimum atomic E-state index is -0.579. The SMILES string of the molecule is C=CCOCOC(C)C(=O)OCC. The Morgan fingerprint density at radius 2 is 2.31 bits per heavy atom. The molecule has 0 N–H and O–H groups in total. The molecule has 13 heavy (non-hydrogen) atoms. The molecule has 0 amide bonds. The van der Waals surface area contributed by atoms with E-state index >= 15 is 0 Å². The van der Waals surface area contributed by atoms with Crippen LogP contribution in [0.4, 0.5) is 0 Å². The van der Waals surface area contributed by atoms with Crippen molar-refractivity contribution >= 4 is 5.97 Å². The molecule has 0 fully saturated rings. The molecule has 0 aromatic rings. The lowest BCUT2D eigenvalue weighted by molar-refractivity contribution is -0.163. The molecule has 0 aliphatic rings. The summed E-state index contributed by atoms with van der Waals surface area (Å²) in [6.07, 6.45) is 1.03. The highest BCUT2D eigenvalue weighted by Crippen LogP contribution is 1.94. The van der Waals surface area contributed by atoms with Crippen LogP contribution in [0.3, 0.4) is 0 Å². The van der Waals surface area contributed by atoms with Crippen molar-refractivity contribution < 1.29 is 19.0 Å². The predicted molar refractivity (Wildman–Crippen MR) is 48.2 cm³/mol. The van der Waals surface area contributed by atoms with Gasteiger partial charge in [-0.3, -0.25) is 0 Å². The van der Waals surface area contributed by atoms with Crippen LogP contribution >= 0.6 is 0 Å². The zero-order valence-corrected chi connectivity index (χ0v) is 8.12. The molecule has 0 aliphatic heterocycles. The standard InChI is InChI=1S/C9H16O4/c1-4-6-11-7-13-8(3)9(10)12-5-2/h4,8H,1,5-7H2,2-3H3. The highest BCUT2D eigenvalue weighted by molar-refractivity contribution is 5.74. The van der Waals surface area contributed by atoms with Gasteiger partial charge in [0.15, 0.2) is 6.10 Å². The van der Waals surface area contributed by atoms with Crippen LogP contribution in [-0.2, 0) is 19.0 Å². The lowest BCUT2D eigenvalue weighted by Gasteiger charge is -2.11.